The molecule has 0 aromatic heterocycles. The molecule has 0 aromatic carbocycles. The summed E-state index contributed by atoms with van der Waals surface area (Å²) < 4.78 is 4.97. The fourth-order valence-electron chi connectivity index (χ4n) is 2.63. The number of nitrogens with zero attached hydrogens (tertiary/aromatic N) is 1. The number of thiol groups is 1. The molecule has 0 spiro atoms. The lowest BCUT2D eigenvalue weighted by Gasteiger charge is -2.31. The average Bonchev–Trinajstić information content (AvgIpc) is 2.65. The first-order valence-electron chi connectivity index (χ1n) is 6.28. The predicted molar refractivity (Wildman–Crippen MR) is 70.7 cm³/mol. The van der Waals surface area contributed by atoms with E-state index in [1.165, 1.54) is 0 Å². The Morgan fingerprint density at radius 3 is 2.61 bits per heavy atom. The van der Waals surface area contributed by atoms with Crippen LogP contribution in [0.25, 0.3) is 0 Å². The number of likely N-dealkylation sites (tertiary alicyclic amines) is 1. The highest BCUT2D eigenvalue weighted by molar-refractivity contribution is 7.80. The van der Waals surface area contributed by atoms with Crippen molar-refractivity contribution in [3.8, 4) is 0 Å². The summed E-state index contributed by atoms with van der Waals surface area (Å²) in [6.07, 6.45) is -0.633. The minimum absolute atomic E-state index is 0.155. The van der Waals surface area contributed by atoms with Gasteiger partial charge in [0.05, 0.1) is 5.92 Å². The van der Waals surface area contributed by atoms with E-state index in [1.54, 1.807) is 13.8 Å². The number of amides is 2. The first-order valence-corrected chi connectivity index (χ1v) is 6.91. The fourth-order valence-corrected chi connectivity index (χ4v) is 2.79. The highest BCUT2D eigenvalue weighted by Gasteiger charge is 2.57. The van der Waals surface area contributed by atoms with Gasteiger partial charge in [0.25, 0.3) is 0 Å². The Balaban J connectivity index is 3.02. The summed E-state index contributed by atoms with van der Waals surface area (Å²) in [6.45, 7) is 6.15. The maximum Gasteiger partial charge on any atom is 0.521 e. The monoisotopic (exact) mass is 276 g/mol. The summed E-state index contributed by atoms with van der Waals surface area (Å²) in [6, 6.07) is -0.256. The average molecular weight is 276 g/mol. The van der Waals surface area contributed by atoms with E-state index in [2.05, 4.69) is 12.6 Å². The number of ether oxygens (including phenoxy) is 1. The molecule has 6 heteroatoms. The third kappa shape index (κ3) is 2.55. The van der Waals surface area contributed by atoms with E-state index in [1.807, 2.05) is 6.92 Å². The van der Waals surface area contributed by atoms with Crippen LogP contribution in [0.4, 0.5) is 4.79 Å². The molecule has 2 amide bonds. The van der Waals surface area contributed by atoms with Gasteiger partial charge in [-0.15, -0.1) is 0 Å². The molecule has 0 radical (unpaired) electrons. The molecule has 0 aromatic rings. The van der Waals surface area contributed by atoms with Crippen molar-refractivity contribution in [2.45, 2.75) is 39.3 Å². The number of carbonyl (C=O) groups is 2. The van der Waals surface area contributed by atoms with E-state index in [9.17, 15) is 14.7 Å². The molecule has 5 nitrogen and oxygen atoms in total. The van der Waals surface area contributed by atoms with Crippen LogP contribution in [-0.2, 0) is 9.53 Å². The highest BCUT2D eigenvalue weighted by atomic mass is 32.1. The van der Waals surface area contributed by atoms with Gasteiger partial charge in [-0.05, 0) is 20.8 Å². The summed E-state index contributed by atoms with van der Waals surface area (Å²) in [5.41, 5.74) is 0. The van der Waals surface area contributed by atoms with Gasteiger partial charge < -0.3 is 9.84 Å². The Morgan fingerprint density at radius 1 is 1.56 bits per heavy atom. The van der Waals surface area contributed by atoms with Crippen LogP contribution in [0.5, 0.6) is 0 Å². The van der Waals surface area contributed by atoms with Crippen LogP contribution >= 0.6 is 12.6 Å². The van der Waals surface area contributed by atoms with Gasteiger partial charge in [-0.25, -0.2) is 4.79 Å². The molecule has 4 atom stereocenters. The van der Waals surface area contributed by atoms with Crippen LogP contribution < -0.4 is 0 Å². The van der Waals surface area contributed by atoms with E-state index >= 15 is 0 Å². The molecule has 104 valence electrons. The predicted octanol–water partition coefficient (Wildman–Crippen LogP) is 1.77. The van der Waals surface area contributed by atoms with Gasteiger partial charge in [-0.2, -0.15) is 21.9 Å². The van der Waals surface area contributed by atoms with Crippen LogP contribution in [0.3, 0.4) is 0 Å². The van der Waals surface area contributed by atoms with Crippen LogP contribution in [-0.4, -0.2) is 52.6 Å². The van der Waals surface area contributed by atoms with Crippen molar-refractivity contribution in [3.05, 3.63) is 0 Å². The van der Waals surface area contributed by atoms with E-state index < -0.39 is 10.6 Å². The SMILES string of the molecule is CCO[C@H]1C[C@@H](C)[N@@+](C(=O)O)(C(=O)C(C)CS)C1. The molecule has 1 aliphatic rings. The summed E-state index contributed by atoms with van der Waals surface area (Å²) in [5, 5.41) is 9.51. The highest BCUT2D eigenvalue weighted by Crippen LogP contribution is 2.32. The van der Waals surface area contributed by atoms with E-state index in [-0.39, 0.29) is 30.5 Å². The summed E-state index contributed by atoms with van der Waals surface area (Å²) in [7, 11) is 0. The number of hydrogen-bond donors (Lipinski definition) is 2. The smallest absolute Gasteiger partial charge is 0.435 e. The largest absolute Gasteiger partial charge is 0.521 e. The lowest BCUT2D eigenvalue weighted by Crippen LogP contribution is -2.61. The van der Waals surface area contributed by atoms with Crippen molar-refractivity contribution >= 4 is 24.6 Å². The van der Waals surface area contributed by atoms with Gasteiger partial charge in [0.1, 0.15) is 18.7 Å². The third-order valence-corrected chi connectivity index (χ3v) is 4.23. The first kappa shape index (κ1) is 15.5. The lowest BCUT2D eigenvalue weighted by atomic mass is 10.1. The zero-order valence-electron chi connectivity index (χ0n) is 11.1. The molecular formula is C12H22NO4S+. The van der Waals surface area contributed by atoms with Crippen molar-refractivity contribution in [2.24, 2.45) is 5.92 Å². The molecule has 0 bridgehead atoms. The van der Waals surface area contributed by atoms with Gasteiger partial charge >= 0.3 is 12.0 Å². The number of carbonyl (C=O) groups excluding carboxylic acids is 1. The number of quaternary nitrogens is 1. The number of carboxylic acid groups (broad SMARTS) is 1. The van der Waals surface area contributed by atoms with Crippen LogP contribution in [0, 0.1) is 5.92 Å². The molecular weight excluding hydrogens is 254 g/mol. The third-order valence-electron chi connectivity index (χ3n) is 3.68. The van der Waals surface area contributed by atoms with Gasteiger partial charge in [0.2, 0.25) is 0 Å². The molecule has 0 aliphatic carbocycles. The van der Waals surface area contributed by atoms with Crippen molar-refractivity contribution < 1.29 is 23.9 Å². The Bertz CT molecular complexity index is 336. The second kappa shape index (κ2) is 6.04. The normalized spacial score (nSPS) is 33.3. The maximum atomic E-state index is 12.4. The summed E-state index contributed by atoms with van der Waals surface area (Å²) in [4.78, 5) is 24.0. The molecule has 1 unspecified atom stereocenters. The molecule has 1 saturated heterocycles. The minimum Gasteiger partial charge on any atom is -0.435 e. The maximum absolute atomic E-state index is 12.4. The fraction of sp³-hybridized carbons (Fsp3) is 0.833. The zero-order chi connectivity index (χ0) is 13.9. The molecule has 1 aliphatic heterocycles. The molecule has 1 N–H and O–H groups in total. The Hall–Kier alpha value is -0.590. The van der Waals surface area contributed by atoms with Gasteiger partial charge in [-0.3, -0.25) is 0 Å². The molecule has 18 heavy (non-hydrogen) atoms. The topological polar surface area (TPSA) is 63.6 Å². The van der Waals surface area contributed by atoms with Gasteiger partial charge in [-0.1, -0.05) is 0 Å². The molecule has 1 heterocycles. The van der Waals surface area contributed by atoms with Crippen LogP contribution in [0.15, 0.2) is 0 Å². The van der Waals surface area contributed by atoms with Crippen LogP contribution in [0.2, 0.25) is 0 Å². The molecule has 1 fully saturated rings. The number of rotatable bonds is 4. The first-order chi connectivity index (χ1) is 8.40. The Labute approximate surface area is 113 Å². The Morgan fingerprint density at radius 2 is 2.17 bits per heavy atom. The molecule has 1 rings (SSSR count). The summed E-state index contributed by atoms with van der Waals surface area (Å²) in [5.74, 6) is -0.280. The lowest BCUT2D eigenvalue weighted by molar-refractivity contribution is -0.795. The zero-order valence-corrected chi connectivity index (χ0v) is 12.0. The van der Waals surface area contributed by atoms with Crippen molar-refractivity contribution in [3.63, 3.8) is 0 Å². The van der Waals surface area contributed by atoms with Crippen molar-refractivity contribution in [2.75, 3.05) is 18.9 Å². The van der Waals surface area contributed by atoms with E-state index in [0.29, 0.717) is 18.8 Å². The van der Waals surface area contributed by atoms with Gasteiger partial charge in [0, 0.05) is 18.8 Å². The van der Waals surface area contributed by atoms with E-state index in [0.717, 1.165) is 0 Å². The Kier molecular flexibility index (Phi) is 5.19. The number of hydrogen-bond acceptors (Lipinski definition) is 4. The number of imide groups is 1. The van der Waals surface area contributed by atoms with E-state index in [4.69, 9.17) is 4.74 Å². The standard InChI is InChI=1S/C12H21NO4S/c1-4-17-10-5-9(3)13(6-10,12(15)16)11(14)8(2)7-18/h8-10H,4-7H2,1-3H3,(H-,15,16,18)/p+1/t8?,9-,10+,13-/m1/s1. The summed E-state index contributed by atoms with van der Waals surface area (Å²) >= 11 is 4.09. The minimum atomic E-state index is -1.08. The second-order valence-electron chi connectivity index (χ2n) is 4.92. The second-order valence-corrected chi connectivity index (χ2v) is 5.28. The van der Waals surface area contributed by atoms with Crippen LogP contribution in [0.1, 0.15) is 27.2 Å². The van der Waals surface area contributed by atoms with Gasteiger partial charge in [0.15, 0.2) is 0 Å². The molecule has 0 saturated carbocycles. The van der Waals surface area contributed by atoms with Crippen molar-refractivity contribution in [1.29, 1.82) is 0 Å². The quantitative estimate of drug-likeness (QED) is 0.607. The van der Waals surface area contributed by atoms with Crippen molar-refractivity contribution in [1.82, 2.24) is 0 Å².